The van der Waals surface area contributed by atoms with Gasteiger partial charge in [0.2, 0.25) is 0 Å². The molecule has 0 atom stereocenters. The molecule has 0 amide bonds. The van der Waals surface area contributed by atoms with Gasteiger partial charge in [-0.25, -0.2) is 0 Å². The molecule has 0 radical (unpaired) electrons. The van der Waals surface area contributed by atoms with Crippen molar-refractivity contribution in [2.45, 2.75) is 26.7 Å². The monoisotopic (exact) mass is 286 g/mol. The molecule has 0 heteroatoms. The van der Waals surface area contributed by atoms with Crippen LogP contribution in [0.5, 0.6) is 0 Å². The zero-order valence-electron chi connectivity index (χ0n) is 13.5. The summed E-state index contributed by atoms with van der Waals surface area (Å²) in [6.07, 6.45) is 0. The summed E-state index contributed by atoms with van der Waals surface area (Å²) >= 11 is 0. The van der Waals surface area contributed by atoms with Gasteiger partial charge in [0.1, 0.15) is 0 Å². The van der Waals surface area contributed by atoms with E-state index in [1.807, 2.05) is 0 Å². The number of hydrogen-bond donors (Lipinski definition) is 0. The van der Waals surface area contributed by atoms with Gasteiger partial charge in [-0.15, -0.1) is 0 Å². The van der Waals surface area contributed by atoms with Crippen LogP contribution in [0.3, 0.4) is 0 Å². The summed E-state index contributed by atoms with van der Waals surface area (Å²) in [5.41, 5.74) is 7.87. The Morgan fingerprint density at radius 1 is 0.636 bits per heavy atom. The molecule has 3 aromatic carbocycles. The second-order valence-electron chi connectivity index (χ2n) is 6.17. The van der Waals surface area contributed by atoms with Crippen molar-refractivity contribution in [3.63, 3.8) is 0 Å². The third-order valence-electron chi connectivity index (χ3n) is 4.23. The van der Waals surface area contributed by atoms with E-state index in [2.05, 4.69) is 93.6 Å². The standard InChI is InChI=1S/C22H22/c1-16(2)20-8-6-9-21(15-20)18-11-13-19(14-12-18)22-10-5-4-7-17(22)3/h4-16H,1-3H3. The summed E-state index contributed by atoms with van der Waals surface area (Å²) in [7, 11) is 0. The lowest BCUT2D eigenvalue weighted by Crippen LogP contribution is -1.88. The van der Waals surface area contributed by atoms with Crippen LogP contribution in [0.25, 0.3) is 22.3 Å². The summed E-state index contributed by atoms with van der Waals surface area (Å²) in [4.78, 5) is 0. The van der Waals surface area contributed by atoms with Gasteiger partial charge in [-0.1, -0.05) is 86.6 Å². The Labute approximate surface area is 133 Å². The molecule has 0 heterocycles. The van der Waals surface area contributed by atoms with Crippen molar-refractivity contribution >= 4 is 0 Å². The van der Waals surface area contributed by atoms with E-state index < -0.39 is 0 Å². The minimum absolute atomic E-state index is 0.561. The van der Waals surface area contributed by atoms with Gasteiger partial charge in [0.25, 0.3) is 0 Å². The van der Waals surface area contributed by atoms with Gasteiger partial charge in [0.05, 0.1) is 0 Å². The first-order valence-electron chi connectivity index (χ1n) is 7.91. The molecule has 0 saturated heterocycles. The summed E-state index contributed by atoms with van der Waals surface area (Å²) in [6.45, 7) is 6.64. The minimum atomic E-state index is 0.561. The highest BCUT2D eigenvalue weighted by Crippen LogP contribution is 2.28. The second-order valence-corrected chi connectivity index (χ2v) is 6.17. The van der Waals surface area contributed by atoms with E-state index >= 15 is 0 Å². The fraction of sp³-hybridized carbons (Fsp3) is 0.182. The molecule has 22 heavy (non-hydrogen) atoms. The predicted molar refractivity (Wildman–Crippen MR) is 96.1 cm³/mol. The molecular weight excluding hydrogens is 264 g/mol. The first kappa shape index (κ1) is 14.6. The van der Waals surface area contributed by atoms with Gasteiger partial charge in [0, 0.05) is 0 Å². The van der Waals surface area contributed by atoms with Gasteiger partial charge in [-0.05, 0) is 46.2 Å². The van der Waals surface area contributed by atoms with E-state index in [4.69, 9.17) is 0 Å². The van der Waals surface area contributed by atoms with Crippen LogP contribution in [0.2, 0.25) is 0 Å². The maximum atomic E-state index is 2.30. The maximum Gasteiger partial charge on any atom is -0.0155 e. The Kier molecular flexibility index (Phi) is 4.11. The SMILES string of the molecule is Cc1ccccc1-c1ccc(-c2cccc(C(C)C)c2)cc1. The molecule has 0 N–H and O–H groups in total. The number of benzene rings is 3. The Morgan fingerprint density at radius 3 is 2.00 bits per heavy atom. The summed E-state index contributed by atoms with van der Waals surface area (Å²) in [5, 5.41) is 0. The molecule has 0 aromatic heterocycles. The lowest BCUT2D eigenvalue weighted by atomic mass is 9.95. The number of hydrogen-bond acceptors (Lipinski definition) is 0. The van der Waals surface area contributed by atoms with Crippen LogP contribution in [0.15, 0.2) is 72.8 Å². The molecule has 0 nitrogen and oxygen atoms in total. The highest BCUT2D eigenvalue weighted by Gasteiger charge is 2.04. The smallest absolute Gasteiger partial charge is 0.0155 e. The zero-order chi connectivity index (χ0) is 15.5. The maximum absolute atomic E-state index is 2.30. The van der Waals surface area contributed by atoms with Crippen molar-refractivity contribution in [3.8, 4) is 22.3 Å². The summed E-state index contributed by atoms with van der Waals surface area (Å²) in [6, 6.07) is 26.3. The first-order valence-corrected chi connectivity index (χ1v) is 7.91. The fourth-order valence-corrected chi connectivity index (χ4v) is 2.82. The molecule has 110 valence electrons. The van der Waals surface area contributed by atoms with Crippen molar-refractivity contribution in [2.24, 2.45) is 0 Å². The highest BCUT2D eigenvalue weighted by atomic mass is 14.1. The van der Waals surface area contributed by atoms with E-state index in [0.717, 1.165) is 0 Å². The summed E-state index contributed by atoms with van der Waals surface area (Å²) < 4.78 is 0. The molecule has 0 aliphatic carbocycles. The van der Waals surface area contributed by atoms with Gasteiger partial charge in [-0.3, -0.25) is 0 Å². The van der Waals surface area contributed by atoms with E-state index in [1.165, 1.54) is 33.4 Å². The van der Waals surface area contributed by atoms with Crippen LogP contribution >= 0.6 is 0 Å². The van der Waals surface area contributed by atoms with Crippen LogP contribution < -0.4 is 0 Å². The van der Waals surface area contributed by atoms with Crippen molar-refractivity contribution in [1.29, 1.82) is 0 Å². The molecule has 0 aliphatic heterocycles. The van der Waals surface area contributed by atoms with Gasteiger partial charge in [0.15, 0.2) is 0 Å². The number of rotatable bonds is 3. The van der Waals surface area contributed by atoms with Crippen molar-refractivity contribution in [3.05, 3.63) is 83.9 Å². The highest BCUT2D eigenvalue weighted by molar-refractivity contribution is 5.72. The van der Waals surface area contributed by atoms with Gasteiger partial charge >= 0.3 is 0 Å². The van der Waals surface area contributed by atoms with Gasteiger partial charge in [-0.2, -0.15) is 0 Å². The van der Waals surface area contributed by atoms with E-state index in [9.17, 15) is 0 Å². The topological polar surface area (TPSA) is 0 Å². The average molecular weight is 286 g/mol. The molecule has 0 unspecified atom stereocenters. The lowest BCUT2D eigenvalue weighted by molar-refractivity contribution is 0.867. The summed E-state index contributed by atoms with van der Waals surface area (Å²) in [5.74, 6) is 0.561. The predicted octanol–water partition coefficient (Wildman–Crippen LogP) is 6.45. The third kappa shape index (κ3) is 2.96. The molecule has 3 rings (SSSR count). The van der Waals surface area contributed by atoms with Gasteiger partial charge < -0.3 is 0 Å². The van der Waals surface area contributed by atoms with E-state index in [-0.39, 0.29) is 0 Å². The quantitative estimate of drug-likeness (QED) is 0.519. The molecule has 0 fully saturated rings. The van der Waals surface area contributed by atoms with Crippen LogP contribution in [-0.4, -0.2) is 0 Å². The molecule has 3 aromatic rings. The Balaban J connectivity index is 1.95. The minimum Gasteiger partial charge on any atom is -0.0620 e. The Hall–Kier alpha value is -2.34. The normalized spacial score (nSPS) is 10.9. The largest absolute Gasteiger partial charge is 0.0620 e. The Morgan fingerprint density at radius 2 is 1.32 bits per heavy atom. The van der Waals surface area contributed by atoms with Crippen molar-refractivity contribution in [2.75, 3.05) is 0 Å². The zero-order valence-corrected chi connectivity index (χ0v) is 13.5. The molecule has 0 aliphatic rings. The van der Waals surface area contributed by atoms with Crippen LogP contribution in [0, 0.1) is 6.92 Å². The third-order valence-corrected chi connectivity index (χ3v) is 4.23. The molecule has 0 saturated carbocycles. The van der Waals surface area contributed by atoms with Crippen LogP contribution in [0.1, 0.15) is 30.9 Å². The average Bonchev–Trinajstić information content (AvgIpc) is 2.56. The lowest BCUT2D eigenvalue weighted by Gasteiger charge is -2.10. The molecular formula is C22H22. The van der Waals surface area contributed by atoms with E-state index in [1.54, 1.807) is 0 Å². The number of aryl methyl sites for hydroxylation is 1. The molecule has 0 spiro atoms. The Bertz CT molecular complexity index is 764. The first-order chi connectivity index (χ1) is 10.6. The van der Waals surface area contributed by atoms with E-state index in [0.29, 0.717) is 5.92 Å². The molecule has 0 bridgehead atoms. The van der Waals surface area contributed by atoms with Crippen LogP contribution in [-0.2, 0) is 0 Å². The second kappa shape index (κ2) is 6.19. The van der Waals surface area contributed by atoms with Crippen molar-refractivity contribution in [1.82, 2.24) is 0 Å². The van der Waals surface area contributed by atoms with Crippen LogP contribution in [0.4, 0.5) is 0 Å². The fourth-order valence-electron chi connectivity index (χ4n) is 2.82. The van der Waals surface area contributed by atoms with Crippen molar-refractivity contribution < 1.29 is 0 Å².